The number of ether oxygens (including phenoxy) is 6. The SMILES string of the molecule is C=C(OC)[C@H]1C[C@@H](c2ncc(-c3cc4c5c(c3)OCc3cc(-c6cnc([C@@H]7C[C@H](COC)CN7C(=O)[C@@H](NC(=O)OC)C(C)C)[nH]6)cc(c3-5)OC4)[nH]2)N(C(=O)[C@@H](NC(=O)OC)C(C)C)C1. The summed E-state index contributed by atoms with van der Waals surface area (Å²) in [5.41, 5.74) is 7.10. The Morgan fingerprint density at radius 3 is 1.65 bits per heavy atom. The van der Waals surface area contributed by atoms with Crippen LogP contribution in [-0.2, 0) is 41.8 Å². The maximum Gasteiger partial charge on any atom is 0.407 e. The predicted molar refractivity (Wildman–Crippen MR) is 237 cm³/mol. The number of imidazole rings is 2. The molecule has 65 heavy (non-hydrogen) atoms. The normalized spacial score (nSPS) is 20.4. The molecule has 0 bridgehead atoms. The van der Waals surface area contributed by atoms with E-state index >= 15 is 0 Å². The monoisotopic (exact) mass is 894 g/mol. The van der Waals surface area contributed by atoms with E-state index in [2.05, 4.69) is 39.3 Å². The van der Waals surface area contributed by atoms with Crippen LogP contribution in [0.25, 0.3) is 33.6 Å². The van der Waals surface area contributed by atoms with E-state index in [1.165, 1.54) is 14.2 Å². The van der Waals surface area contributed by atoms with Crippen LogP contribution < -0.4 is 20.1 Å². The number of nitrogens with zero attached hydrogens (tertiary/aromatic N) is 4. The zero-order valence-electron chi connectivity index (χ0n) is 38.1. The maximum atomic E-state index is 14.1. The second-order valence-electron chi connectivity index (χ2n) is 17.8. The third-order valence-electron chi connectivity index (χ3n) is 13.0. The van der Waals surface area contributed by atoms with Crippen LogP contribution in [0.4, 0.5) is 9.59 Å². The largest absolute Gasteiger partial charge is 0.501 e. The first kappa shape index (κ1) is 45.0. The molecule has 4 aliphatic rings. The summed E-state index contributed by atoms with van der Waals surface area (Å²) in [6, 6.07) is 5.79. The summed E-state index contributed by atoms with van der Waals surface area (Å²) in [6.07, 6.45) is 3.37. The molecule has 18 heteroatoms. The van der Waals surface area contributed by atoms with Gasteiger partial charge in [0.05, 0.1) is 69.6 Å². The van der Waals surface area contributed by atoms with Gasteiger partial charge in [-0.05, 0) is 48.9 Å². The van der Waals surface area contributed by atoms with Crippen LogP contribution in [0.1, 0.15) is 75.4 Å². The van der Waals surface area contributed by atoms with Crippen LogP contribution in [-0.4, -0.2) is 114 Å². The number of rotatable bonds is 14. The third-order valence-corrected chi connectivity index (χ3v) is 13.0. The number of likely N-dealkylation sites (tertiary alicyclic amines) is 2. The van der Waals surface area contributed by atoms with Crippen molar-refractivity contribution in [3.63, 3.8) is 0 Å². The van der Waals surface area contributed by atoms with Crippen molar-refractivity contribution in [2.75, 3.05) is 48.1 Å². The molecule has 0 radical (unpaired) electrons. The van der Waals surface area contributed by atoms with Crippen molar-refractivity contribution in [3.05, 3.63) is 71.8 Å². The Morgan fingerprint density at radius 2 is 1.20 bits per heavy atom. The summed E-state index contributed by atoms with van der Waals surface area (Å²) >= 11 is 0. The van der Waals surface area contributed by atoms with Gasteiger partial charge in [0.2, 0.25) is 11.8 Å². The van der Waals surface area contributed by atoms with Gasteiger partial charge in [0.15, 0.2) is 0 Å². The number of amides is 4. The van der Waals surface area contributed by atoms with Crippen LogP contribution in [0.15, 0.2) is 49.0 Å². The summed E-state index contributed by atoms with van der Waals surface area (Å²) in [5, 5.41) is 5.42. The third kappa shape index (κ3) is 8.70. The summed E-state index contributed by atoms with van der Waals surface area (Å²) in [5.74, 6) is 2.38. The molecule has 8 rings (SSSR count). The molecule has 346 valence electrons. The van der Waals surface area contributed by atoms with Crippen LogP contribution in [0.2, 0.25) is 0 Å². The Balaban J connectivity index is 1.05. The number of hydrogen-bond acceptors (Lipinski definition) is 12. The van der Waals surface area contributed by atoms with Crippen LogP contribution in [0.5, 0.6) is 11.5 Å². The molecule has 4 aromatic rings. The first-order valence-electron chi connectivity index (χ1n) is 21.9. The molecule has 18 nitrogen and oxygen atoms in total. The second kappa shape index (κ2) is 18.5. The summed E-state index contributed by atoms with van der Waals surface area (Å²) in [6.45, 7) is 13.5. The molecule has 2 aromatic heterocycles. The van der Waals surface area contributed by atoms with Crippen molar-refractivity contribution in [1.82, 2.24) is 40.4 Å². The maximum absolute atomic E-state index is 14.1. The molecular weight excluding hydrogens is 837 g/mol. The fourth-order valence-corrected chi connectivity index (χ4v) is 9.57. The average molecular weight is 895 g/mol. The predicted octanol–water partition coefficient (Wildman–Crippen LogP) is 6.27. The summed E-state index contributed by atoms with van der Waals surface area (Å²) in [4.78, 5) is 72.6. The lowest BCUT2D eigenvalue weighted by atomic mass is 9.87. The Kier molecular flexibility index (Phi) is 12.8. The number of aromatic nitrogens is 4. The fraction of sp³-hybridized carbons (Fsp3) is 0.489. The van der Waals surface area contributed by atoms with Gasteiger partial charge in [0.1, 0.15) is 48.4 Å². The first-order valence-corrected chi connectivity index (χ1v) is 21.9. The van der Waals surface area contributed by atoms with Crippen LogP contribution in [0, 0.1) is 23.7 Å². The molecular formula is C47H58N8O10. The number of carbonyl (C=O) groups excluding carboxylic acids is 4. The number of nitrogens with one attached hydrogen (secondary N) is 4. The number of H-pyrrole nitrogens is 2. The van der Waals surface area contributed by atoms with Crippen molar-refractivity contribution >= 4 is 24.0 Å². The quantitative estimate of drug-likeness (QED) is 0.103. The van der Waals surface area contributed by atoms with E-state index in [1.54, 1.807) is 36.4 Å². The van der Waals surface area contributed by atoms with E-state index in [-0.39, 0.29) is 41.5 Å². The average Bonchev–Trinajstić information content (AvgIpc) is 4.14. The van der Waals surface area contributed by atoms with Gasteiger partial charge < -0.3 is 58.8 Å². The minimum atomic E-state index is -0.808. The van der Waals surface area contributed by atoms with Gasteiger partial charge in [-0.25, -0.2) is 19.6 Å². The standard InChI is InChI=1S/C47H58N8O10/c1-23(2)40(52-46(58)62-8)44(56)54-18-26(20-60-6)10-34(54)42-48-16-32(50-42)27-11-30-21-65-37-15-28(12-31-22-64-36(14-27)38(30)39(31)37)33-17-49-43(51-33)35-13-29(25(5)61-7)19-55(35)45(57)41(24(3)4)53-47(59)63-9/h11-12,14-17,23-24,26,29,34-35,40-41H,5,10,13,18-22H2,1-4,6-9H3,(H,48,50)(H,49,51)(H,52,58)(H,53,59)/t26-,29-,34-,35-,40-,41-/m0/s1. The second-order valence-corrected chi connectivity index (χ2v) is 17.8. The van der Waals surface area contributed by atoms with Gasteiger partial charge >= 0.3 is 12.2 Å². The lowest BCUT2D eigenvalue weighted by molar-refractivity contribution is -0.136. The number of aromatic amines is 2. The topological polar surface area (TPSA) is 212 Å². The number of benzene rings is 2. The molecule has 2 fully saturated rings. The lowest BCUT2D eigenvalue weighted by Gasteiger charge is -2.30. The van der Waals surface area contributed by atoms with Crippen molar-refractivity contribution < 1.29 is 47.6 Å². The minimum absolute atomic E-state index is 0.0844. The van der Waals surface area contributed by atoms with E-state index in [0.29, 0.717) is 63.2 Å². The number of alkyl carbamates (subject to hydrolysis) is 2. The molecule has 2 saturated heterocycles. The van der Waals surface area contributed by atoms with E-state index in [4.69, 9.17) is 38.4 Å². The molecule has 2 aromatic carbocycles. The van der Waals surface area contributed by atoms with Crippen molar-refractivity contribution in [2.45, 2.75) is 77.9 Å². The number of carbonyl (C=O) groups is 4. The molecule has 0 spiro atoms. The van der Waals surface area contributed by atoms with E-state index in [0.717, 1.165) is 56.3 Å². The fourth-order valence-electron chi connectivity index (χ4n) is 9.57. The van der Waals surface area contributed by atoms with E-state index < -0.39 is 30.3 Å². The van der Waals surface area contributed by atoms with Crippen molar-refractivity contribution in [3.8, 4) is 45.1 Å². The minimum Gasteiger partial charge on any atom is -0.501 e. The molecule has 4 amide bonds. The van der Waals surface area contributed by atoms with Crippen LogP contribution in [0.3, 0.4) is 0 Å². The highest BCUT2D eigenvalue weighted by atomic mass is 16.5. The zero-order chi connectivity index (χ0) is 46.3. The van der Waals surface area contributed by atoms with Crippen molar-refractivity contribution in [1.29, 1.82) is 0 Å². The molecule has 0 aliphatic carbocycles. The Bertz CT molecular complexity index is 2430. The summed E-state index contributed by atoms with van der Waals surface area (Å²) < 4.78 is 33.6. The Labute approximate surface area is 377 Å². The van der Waals surface area contributed by atoms with E-state index in [1.807, 2.05) is 39.8 Å². The van der Waals surface area contributed by atoms with Gasteiger partial charge in [0, 0.05) is 65.4 Å². The number of hydrogen-bond donors (Lipinski definition) is 4. The van der Waals surface area contributed by atoms with Gasteiger partial charge in [-0.1, -0.05) is 34.3 Å². The van der Waals surface area contributed by atoms with Gasteiger partial charge in [-0.3, -0.25) is 9.59 Å². The Hall–Kier alpha value is -6.56. The van der Waals surface area contributed by atoms with Crippen LogP contribution >= 0.6 is 0 Å². The van der Waals surface area contributed by atoms with E-state index in [9.17, 15) is 19.2 Å². The summed E-state index contributed by atoms with van der Waals surface area (Å²) in [7, 11) is 5.76. The smallest absolute Gasteiger partial charge is 0.407 e. The van der Waals surface area contributed by atoms with Gasteiger partial charge in [-0.15, -0.1) is 0 Å². The zero-order valence-corrected chi connectivity index (χ0v) is 38.1. The van der Waals surface area contributed by atoms with Gasteiger partial charge in [0.25, 0.3) is 0 Å². The molecule has 6 atom stereocenters. The number of methoxy groups -OCH3 is 4. The van der Waals surface area contributed by atoms with Gasteiger partial charge in [-0.2, -0.15) is 0 Å². The Morgan fingerprint density at radius 1 is 0.723 bits per heavy atom. The molecule has 4 aliphatic heterocycles. The van der Waals surface area contributed by atoms with Crippen molar-refractivity contribution in [2.24, 2.45) is 23.7 Å². The first-order chi connectivity index (χ1) is 31.2. The lowest BCUT2D eigenvalue weighted by Crippen LogP contribution is -2.51. The highest BCUT2D eigenvalue weighted by Gasteiger charge is 2.44. The molecule has 4 N–H and O–H groups in total. The molecule has 0 saturated carbocycles. The molecule has 6 heterocycles. The molecule has 0 unspecified atom stereocenters. The highest BCUT2D eigenvalue weighted by Crippen LogP contribution is 2.51. The highest BCUT2D eigenvalue weighted by molar-refractivity contribution is 5.89.